The summed E-state index contributed by atoms with van der Waals surface area (Å²) in [6.07, 6.45) is 2.57. The van der Waals surface area contributed by atoms with E-state index in [2.05, 4.69) is 23.7 Å². The minimum absolute atomic E-state index is 0.212. The fraction of sp³-hybridized carbons (Fsp3) is 0.583. The van der Waals surface area contributed by atoms with Crippen LogP contribution in [0.1, 0.15) is 25.8 Å². The molecule has 0 aliphatic heterocycles. The summed E-state index contributed by atoms with van der Waals surface area (Å²) < 4.78 is 0. The van der Waals surface area contributed by atoms with Crippen LogP contribution < -0.4 is 10.6 Å². The summed E-state index contributed by atoms with van der Waals surface area (Å²) in [6.45, 7) is 5.80. The van der Waals surface area contributed by atoms with Crippen molar-refractivity contribution in [2.75, 3.05) is 18.1 Å². The fourth-order valence-corrected chi connectivity index (χ4v) is 1.59. The highest BCUT2D eigenvalue weighted by Crippen LogP contribution is 2.14. The number of pyridine rings is 1. The van der Waals surface area contributed by atoms with Gasteiger partial charge in [0, 0.05) is 31.9 Å². The van der Waals surface area contributed by atoms with Crippen molar-refractivity contribution in [1.82, 2.24) is 4.98 Å². The SMILES string of the molecule is CC(C)N(CCCO)c1ccc(CN)cn1. The van der Waals surface area contributed by atoms with Crippen LogP contribution in [0, 0.1) is 0 Å². The van der Waals surface area contributed by atoms with Crippen molar-refractivity contribution in [3.05, 3.63) is 23.9 Å². The van der Waals surface area contributed by atoms with Crippen LogP contribution in [0.3, 0.4) is 0 Å². The van der Waals surface area contributed by atoms with E-state index in [-0.39, 0.29) is 6.61 Å². The molecule has 1 heterocycles. The molecule has 0 spiro atoms. The van der Waals surface area contributed by atoms with Gasteiger partial charge in [-0.05, 0) is 31.9 Å². The van der Waals surface area contributed by atoms with E-state index in [1.54, 1.807) is 0 Å². The lowest BCUT2D eigenvalue weighted by atomic mass is 10.2. The van der Waals surface area contributed by atoms with E-state index in [1.807, 2.05) is 18.3 Å². The quantitative estimate of drug-likeness (QED) is 0.759. The van der Waals surface area contributed by atoms with Crippen molar-refractivity contribution in [3.63, 3.8) is 0 Å². The van der Waals surface area contributed by atoms with E-state index in [0.29, 0.717) is 12.6 Å². The van der Waals surface area contributed by atoms with Gasteiger partial charge in [0.05, 0.1) is 0 Å². The number of nitrogens with zero attached hydrogens (tertiary/aromatic N) is 2. The Morgan fingerprint density at radius 2 is 2.19 bits per heavy atom. The minimum Gasteiger partial charge on any atom is -0.396 e. The monoisotopic (exact) mass is 223 g/mol. The van der Waals surface area contributed by atoms with Crippen LogP contribution in [0.4, 0.5) is 5.82 Å². The highest BCUT2D eigenvalue weighted by Gasteiger charge is 2.10. The van der Waals surface area contributed by atoms with Crippen molar-refractivity contribution in [2.45, 2.75) is 32.9 Å². The normalized spacial score (nSPS) is 10.8. The van der Waals surface area contributed by atoms with Gasteiger partial charge in [0.1, 0.15) is 5.82 Å². The van der Waals surface area contributed by atoms with Crippen LogP contribution in [0.5, 0.6) is 0 Å². The van der Waals surface area contributed by atoms with Gasteiger partial charge in [0.25, 0.3) is 0 Å². The smallest absolute Gasteiger partial charge is 0.128 e. The second-order valence-electron chi connectivity index (χ2n) is 4.09. The molecule has 1 rings (SSSR count). The minimum atomic E-state index is 0.212. The number of nitrogens with two attached hydrogens (primary N) is 1. The van der Waals surface area contributed by atoms with Gasteiger partial charge in [-0.15, -0.1) is 0 Å². The number of anilines is 1. The number of aromatic nitrogens is 1. The molecule has 1 aromatic heterocycles. The summed E-state index contributed by atoms with van der Waals surface area (Å²) in [6, 6.07) is 4.36. The van der Waals surface area contributed by atoms with E-state index in [4.69, 9.17) is 10.8 Å². The first-order valence-corrected chi connectivity index (χ1v) is 5.71. The number of rotatable bonds is 6. The second kappa shape index (κ2) is 6.45. The topological polar surface area (TPSA) is 62.4 Å². The van der Waals surface area contributed by atoms with Gasteiger partial charge in [0.15, 0.2) is 0 Å². The molecule has 0 unspecified atom stereocenters. The second-order valence-corrected chi connectivity index (χ2v) is 4.09. The highest BCUT2D eigenvalue weighted by atomic mass is 16.3. The number of aliphatic hydroxyl groups is 1. The molecule has 3 N–H and O–H groups in total. The molecule has 0 aliphatic rings. The molecule has 0 atom stereocenters. The molecule has 0 aromatic carbocycles. The van der Waals surface area contributed by atoms with E-state index >= 15 is 0 Å². The Balaban J connectivity index is 2.75. The van der Waals surface area contributed by atoms with Gasteiger partial charge in [0.2, 0.25) is 0 Å². The Morgan fingerprint density at radius 1 is 1.44 bits per heavy atom. The summed E-state index contributed by atoms with van der Waals surface area (Å²) in [5.41, 5.74) is 6.57. The van der Waals surface area contributed by atoms with Crippen LogP contribution in [0.2, 0.25) is 0 Å². The molecule has 4 heteroatoms. The summed E-state index contributed by atoms with van der Waals surface area (Å²) in [5, 5.41) is 8.86. The maximum absolute atomic E-state index is 8.86. The predicted molar refractivity (Wildman–Crippen MR) is 66.3 cm³/mol. The summed E-state index contributed by atoms with van der Waals surface area (Å²) in [7, 11) is 0. The molecular weight excluding hydrogens is 202 g/mol. The fourth-order valence-electron chi connectivity index (χ4n) is 1.59. The average Bonchev–Trinajstić information content (AvgIpc) is 2.30. The molecule has 0 bridgehead atoms. The van der Waals surface area contributed by atoms with E-state index < -0.39 is 0 Å². The van der Waals surface area contributed by atoms with Crippen molar-refractivity contribution < 1.29 is 5.11 Å². The first-order chi connectivity index (χ1) is 7.69. The first kappa shape index (κ1) is 12.9. The van der Waals surface area contributed by atoms with E-state index in [9.17, 15) is 0 Å². The Morgan fingerprint density at radius 3 is 2.62 bits per heavy atom. The molecule has 16 heavy (non-hydrogen) atoms. The van der Waals surface area contributed by atoms with Crippen LogP contribution in [0.15, 0.2) is 18.3 Å². The predicted octanol–water partition coefficient (Wildman–Crippen LogP) is 1.14. The maximum Gasteiger partial charge on any atom is 0.128 e. The summed E-state index contributed by atoms with van der Waals surface area (Å²) in [5.74, 6) is 0.945. The van der Waals surface area contributed by atoms with Crippen LogP contribution >= 0.6 is 0 Å². The van der Waals surface area contributed by atoms with Crippen molar-refractivity contribution in [2.24, 2.45) is 5.73 Å². The van der Waals surface area contributed by atoms with Gasteiger partial charge in [-0.2, -0.15) is 0 Å². The van der Waals surface area contributed by atoms with Gasteiger partial charge in [-0.25, -0.2) is 4.98 Å². The number of aliphatic hydroxyl groups excluding tert-OH is 1. The van der Waals surface area contributed by atoms with Gasteiger partial charge in [-0.1, -0.05) is 6.07 Å². The molecule has 0 amide bonds. The molecule has 0 saturated heterocycles. The summed E-state index contributed by atoms with van der Waals surface area (Å²) >= 11 is 0. The van der Waals surface area contributed by atoms with Crippen LogP contribution in [-0.2, 0) is 6.54 Å². The molecular formula is C12H21N3O. The first-order valence-electron chi connectivity index (χ1n) is 5.71. The third-order valence-corrected chi connectivity index (χ3v) is 2.52. The van der Waals surface area contributed by atoms with E-state index in [0.717, 1.165) is 24.3 Å². The Labute approximate surface area is 97.1 Å². The Kier molecular flexibility index (Phi) is 5.22. The third kappa shape index (κ3) is 3.47. The maximum atomic E-state index is 8.86. The zero-order chi connectivity index (χ0) is 12.0. The average molecular weight is 223 g/mol. The Hall–Kier alpha value is -1.13. The summed E-state index contributed by atoms with van der Waals surface area (Å²) in [4.78, 5) is 6.57. The molecule has 0 saturated carbocycles. The largest absolute Gasteiger partial charge is 0.396 e. The van der Waals surface area contributed by atoms with Gasteiger partial charge >= 0.3 is 0 Å². The van der Waals surface area contributed by atoms with Crippen molar-refractivity contribution >= 4 is 5.82 Å². The van der Waals surface area contributed by atoms with Gasteiger partial charge in [-0.3, -0.25) is 0 Å². The highest BCUT2D eigenvalue weighted by molar-refractivity contribution is 5.40. The van der Waals surface area contributed by atoms with Gasteiger partial charge < -0.3 is 15.7 Å². The standard InChI is InChI=1S/C12H21N3O/c1-10(2)15(6-3-7-16)12-5-4-11(8-13)9-14-12/h4-5,9-10,16H,3,6-8,13H2,1-2H3. The Bertz CT molecular complexity index is 298. The van der Waals surface area contributed by atoms with Crippen LogP contribution in [0.25, 0.3) is 0 Å². The molecule has 4 nitrogen and oxygen atoms in total. The molecule has 0 aliphatic carbocycles. The van der Waals surface area contributed by atoms with Crippen molar-refractivity contribution in [3.8, 4) is 0 Å². The van der Waals surface area contributed by atoms with Crippen LogP contribution in [-0.4, -0.2) is 29.3 Å². The lowest BCUT2D eigenvalue weighted by molar-refractivity contribution is 0.288. The third-order valence-electron chi connectivity index (χ3n) is 2.52. The lowest BCUT2D eigenvalue weighted by Crippen LogP contribution is -2.32. The number of hydrogen-bond donors (Lipinski definition) is 2. The number of hydrogen-bond acceptors (Lipinski definition) is 4. The lowest BCUT2D eigenvalue weighted by Gasteiger charge is -2.27. The zero-order valence-electron chi connectivity index (χ0n) is 10.1. The molecule has 0 fully saturated rings. The molecule has 90 valence electrons. The molecule has 0 radical (unpaired) electrons. The zero-order valence-corrected chi connectivity index (χ0v) is 10.1. The molecule has 1 aromatic rings. The van der Waals surface area contributed by atoms with Crippen molar-refractivity contribution in [1.29, 1.82) is 0 Å². The van der Waals surface area contributed by atoms with E-state index in [1.165, 1.54) is 0 Å².